The Balaban J connectivity index is 3.19. The molecule has 2 heteroatoms. The van der Waals surface area contributed by atoms with Gasteiger partial charge in [0.25, 0.3) is 0 Å². The van der Waals surface area contributed by atoms with Crippen LogP contribution in [-0.2, 0) is 9.47 Å². The van der Waals surface area contributed by atoms with E-state index in [2.05, 4.69) is 12.7 Å². The summed E-state index contributed by atoms with van der Waals surface area (Å²) in [4.78, 5) is 0. The van der Waals surface area contributed by atoms with Crippen molar-refractivity contribution in [3.8, 4) is 0 Å². The van der Waals surface area contributed by atoms with Gasteiger partial charge >= 0.3 is 0 Å². The lowest BCUT2D eigenvalue weighted by Crippen LogP contribution is -2.17. The Morgan fingerprint density at radius 3 is 1.62 bits per heavy atom. The SMILES string of the molecule is C=C/C=C\CCCCCCCCCCCCCC(OCC)OCC. The van der Waals surface area contributed by atoms with Gasteiger partial charge in [0.2, 0.25) is 0 Å². The van der Waals surface area contributed by atoms with Gasteiger partial charge in [-0.05, 0) is 39.5 Å². The standard InChI is InChI=1S/C22H42O2/c1-4-7-8-9-10-11-12-13-14-15-16-17-18-19-20-21-22(23-5-2)24-6-3/h4,7-8,22H,1,5-6,9-21H2,2-3H3/b8-7-. The van der Waals surface area contributed by atoms with E-state index < -0.39 is 0 Å². The minimum absolute atomic E-state index is 0.0206. The molecule has 0 radical (unpaired) electrons. The number of hydrogen-bond acceptors (Lipinski definition) is 2. The van der Waals surface area contributed by atoms with Gasteiger partial charge in [0, 0.05) is 13.2 Å². The number of ether oxygens (including phenoxy) is 2. The van der Waals surface area contributed by atoms with Crippen molar-refractivity contribution in [3.63, 3.8) is 0 Å². The Labute approximate surface area is 151 Å². The second-order valence-electron chi connectivity index (χ2n) is 6.47. The molecule has 24 heavy (non-hydrogen) atoms. The molecule has 142 valence electrons. The minimum Gasteiger partial charge on any atom is -0.353 e. The van der Waals surface area contributed by atoms with Crippen LogP contribution in [0.1, 0.15) is 97.3 Å². The molecule has 0 atom stereocenters. The molecule has 0 saturated carbocycles. The molecule has 0 unspecified atom stereocenters. The Hall–Kier alpha value is -0.600. The van der Waals surface area contributed by atoms with Crippen molar-refractivity contribution >= 4 is 0 Å². The molecule has 0 heterocycles. The van der Waals surface area contributed by atoms with Crippen molar-refractivity contribution < 1.29 is 9.47 Å². The van der Waals surface area contributed by atoms with Gasteiger partial charge in [-0.15, -0.1) is 0 Å². The fourth-order valence-corrected chi connectivity index (χ4v) is 2.94. The van der Waals surface area contributed by atoms with Crippen molar-refractivity contribution in [1.82, 2.24) is 0 Å². The average Bonchev–Trinajstić information content (AvgIpc) is 2.58. The van der Waals surface area contributed by atoms with Gasteiger partial charge in [0.1, 0.15) is 0 Å². The molecule has 0 aromatic rings. The predicted octanol–water partition coefficient (Wildman–Crippen LogP) is 7.20. The minimum atomic E-state index is 0.0206. The van der Waals surface area contributed by atoms with Crippen LogP contribution in [0.25, 0.3) is 0 Å². The Morgan fingerprint density at radius 2 is 1.17 bits per heavy atom. The molecule has 0 N–H and O–H groups in total. The summed E-state index contributed by atoms with van der Waals surface area (Å²) in [5.41, 5.74) is 0. The molecule has 0 saturated heterocycles. The molecular weight excluding hydrogens is 296 g/mol. The van der Waals surface area contributed by atoms with E-state index >= 15 is 0 Å². The predicted molar refractivity (Wildman–Crippen MR) is 106 cm³/mol. The van der Waals surface area contributed by atoms with E-state index in [1.807, 2.05) is 26.0 Å². The fourth-order valence-electron chi connectivity index (χ4n) is 2.94. The smallest absolute Gasteiger partial charge is 0.157 e. The first-order chi connectivity index (χ1) is 11.8. The maximum Gasteiger partial charge on any atom is 0.157 e. The summed E-state index contributed by atoms with van der Waals surface area (Å²) in [6.07, 6.45) is 23.4. The van der Waals surface area contributed by atoms with Gasteiger partial charge < -0.3 is 9.47 Å². The van der Waals surface area contributed by atoms with Crippen LogP contribution in [0.3, 0.4) is 0 Å². The summed E-state index contributed by atoms with van der Waals surface area (Å²) < 4.78 is 11.1. The zero-order valence-electron chi connectivity index (χ0n) is 16.4. The van der Waals surface area contributed by atoms with Gasteiger partial charge in [-0.2, -0.15) is 0 Å². The lowest BCUT2D eigenvalue weighted by atomic mass is 10.0. The highest BCUT2D eigenvalue weighted by Gasteiger charge is 2.06. The lowest BCUT2D eigenvalue weighted by molar-refractivity contribution is -0.140. The number of allylic oxidation sites excluding steroid dienone is 3. The van der Waals surface area contributed by atoms with Crippen LogP contribution >= 0.6 is 0 Å². The van der Waals surface area contributed by atoms with Crippen molar-refractivity contribution in [1.29, 1.82) is 0 Å². The third-order valence-corrected chi connectivity index (χ3v) is 4.29. The summed E-state index contributed by atoms with van der Waals surface area (Å²) in [7, 11) is 0. The first-order valence-electron chi connectivity index (χ1n) is 10.4. The van der Waals surface area contributed by atoms with E-state index in [0.717, 1.165) is 19.6 Å². The van der Waals surface area contributed by atoms with Gasteiger partial charge in [0.05, 0.1) is 0 Å². The molecule has 0 aromatic carbocycles. The van der Waals surface area contributed by atoms with Gasteiger partial charge in [-0.1, -0.05) is 82.6 Å². The highest BCUT2D eigenvalue weighted by Crippen LogP contribution is 2.14. The first kappa shape index (κ1) is 23.4. The van der Waals surface area contributed by atoms with E-state index in [1.54, 1.807) is 0 Å². The highest BCUT2D eigenvalue weighted by atomic mass is 16.7. The maximum atomic E-state index is 5.57. The third-order valence-electron chi connectivity index (χ3n) is 4.29. The molecule has 0 aliphatic rings. The van der Waals surface area contributed by atoms with Crippen molar-refractivity contribution in [2.24, 2.45) is 0 Å². The van der Waals surface area contributed by atoms with Crippen LogP contribution in [0.15, 0.2) is 24.8 Å². The second-order valence-corrected chi connectivity index (χ2v) is 6.47. The summed E-state index contributed by atoms with van der Waals surface area (Å²) in [5, 5.41) is 0. The molecule has 0 aromatic heterocycles. The van der Waals surface area contributed by atoms with Gasteiger partial charge in [-0.25, -0.2) is 0 Å². The molecule has 0 fully saturated rings. The van der Waals surface area contributed by atoms with Crippen molar-refractivity contribution in [3.05, 3.63) is 24.8 Å². The van der Waals surface area contributed by atoms with Crippen molar-refractivity contribution in [2.75, 3.05) is 13.2 Å². The number of rotatable bonds is 19. The van der Waals surface area contributed by atoms with Gasteiger partial charge in [0.15, 0.2) is 6.29 Å². The van der Waals surface area contributed by atoms with E-state index in [1.165, 1.54) is 77.0 Å². The van der Waals surface area contributed by atoms with Crippen LogP contribution in [0, 0.1) is 0 Å². The fraction of sp³-hybridized carbons (Fsp3) is 0.818. The third kappa shape index (κ3) is 17.7. The second kappa shape index (κ2) is 20.4. The van der Waals surface area contributed by atoms with Crippen LogP contribution in [0.5, 0.6) is 0 Å². The molecule has 0 aliphatic carbocycles. The van der Waals surface area contributed by atoms with E-state index in [0.29, 0.717) is 0 Å². The number of unbranched alkanes of at least 4 members (excludes halogenated alkanes) is 11. The molecule has 0 aliphatic heterocycles. The van der Waals surface area contributed by atoms with E-state index in [4.69, 9.17) is 9.47 Å². The summed E-state index contributed by atoms with van der Waals surface area (Å²) in [6.45, 7) is 9.24. The molecule has 0 rings (SSSR count). The van der Waals surface area contributed by atoms with Crippen LogP contribution in [0.4, 0.5) is 0 Å². The topological polar surface area (TPSA) is 18.5 Å². The highest BCUT2D eigenvalue weighted by molar-refractivity contribution is 4.96. The van der Waals surface area contributed by atoms with Crippen LogP contribution in [-0.4, -0.2) is 19.5 Å². The normalized spacial score (nSPS) is 11.6. The zero-order chi connectivity index (χ0) is 17.7. The summed E-state index contributed by atoms with van der Waals surface area (Å²) >= 11 is 0. The summed E-state index contributed by atoms with van der Waals surface area (Å²) in [6, 6.07) is 0. The van der Waals surface area contributed by atoms with E-state index in [-0.39, 0.29) is 6.29 Å². The molecule has 0 amide bonds. The molecule has 0 spiro atoms. The molecule has 0 bridgehead atoms. The maximum absolute atomic E-state index is 5.57. The Kier molecular flexibility index (Phi) is 19.9. The Bertz CT molecular complexity index is 267. The lowest BCUT2D eigenvalue weighted by Gasteiger charge is -2.16. The first-order valence-corrected chi connectivity index (χ1v) is 10.4. The van der Waals surface area contributed by atoms with Crippen molar-refractivity contribution in [2.45, 2.75) is 104 Å². The number of hydrogen-bond donors (Lipinski definition) is 0. The monoisotopic (exact) mass is 338 g/mol. The van der Waals surface area contributed by atoms with Crippen LogP contribution < -0.4 is 0 Å². The van der Waals surface area contributed by atoms with Crippen LogP contribution in [0.2, 0.25) is 0 Å². The quantitative estimate of drug-likeness (QED) is 0.141. The zero-order valence-corrected chi connectivity index (χ0v) is 16.4. The average molecular weight is 339 g/mol. The molecule has 2 nitrogen and oxygen atoms in total. The largest absolute Gasteiger partial charge is 0.353 e. The Morgan fingerprint density at radius 1 is 0.708 bits per heavy atom. The van der Waals surface area contributed by atoms with E-state index in [9.17, 15) is 0 Å². The summed E-state index contributed by atoms with van der Waals surface area (Å²) in [5.74, 6) is 0. The van der Waals surface area contributed by atoms with Gasteiger partial charge in [-0.3, -0.25) is 0 Å². The molecular formula is C22H42O2.